The van der Waals surface area contributed by atoms with Crippen LogP contribution < -0.4 is 10.9 Å². The number of halogens is 3. The summed E-state index contributed by atoms with van der Waals surface area (Å²) in [5.41, 5.74) is 0.220. The predicted octanol–water partition coefficient (Wildman–Crippen LogP) is 1.81. The first kappa shape index (κ1) is 18.9. The van der Waals surface area contributed by atoms with Gasteiger partial charge in [-0.1, -0.05) is 19.1 Å². The number of alkyl halides is 3. The van der Waals surface area contributed by atoms with Crippen molar-refractivity contribution >= 4 is 16.8 Å². The minimum atomic E-state index is -4.46. The van der Waals surface area contributed by atoms with Crippen molar-refractivity contribution in [3.05, 3.63) is 40.4 Å². The summed E-state index contributed by atoms with van der Waals surface area (Å²) in [7, 11) is 0. The van der Waals surface area contributed by atoms with Crippen molar-refractivity contribution in [2.45, 2.75) is 32.6 Å². The predicted molar refractivity (Wildman–Crippen MR) is 87.0 cm³/mol. The maximum atomic E-state index is 12.2. The molecule has 25 heavy (non-hydrogen) atoms. The highest BCUT2D eigenvalue weighted by atomic mass is 19.4. The van der Waals surface area contributed by atoms with Gasteiger partial charge in [0, 0.05) is 0 Å². The molecule has 9 heteroatoms. The molecule has 2 aromatic rings. The molecule has 0 aliphatic carbocycles. The molecule has 136 valence electrons. The average molecular weight is 356 g/mol. The van der Waals surface area contributed by atoms with E-state index < -0.39 is 24.7 Å². The van der Waals surface area contributed by atoms with E-state index in [0.717, 1.165) is 0 Å². The third-order valence-electron chi connectivity index (χ3n) is 3.81. The van der Waals surface area contributed by atoms with Gasteiger partial charge in [0.05, 0.1) is 23.5 Å². The Morgan fingerprint density at radius 2 is 2.04 bits per heavy atom. The molecule has 1 amide bonds. The number of H-pyrrole nitrogens is 1. The second kappa shape index (κ2) is 7.64. The number of hydrogen-bond donors (Lipinski definition) is 2. The van der Waals surface area contributed by atoms with Crippen LogP contribution in [0.15, 0.2) is 29.1 Å². The molecule has 0 spiro atoms. The van der Waals surface area contributed by atoms with Gasteiger partial charge in [-0.05, 0) is 25.6 Å². The molecule has 0 radical (unpaired) electrons. The van der Waals surface area contributed by atoms with Crippen molar-refractivity contribution < 1.29 is 18.0 Å². The van der Waals surface area contributed by atoms with E-state index in [1.807, 2.05) is 5.32 Å². The summed E-state index contributed by atoms with van der Waals surface area (Å²) < 4.78 is 36.7. The average Bonchev–Trinajstić information content (AvgIpc) is 2.56. The quantitative estimate of drug-likeness (QED) is 0.828. The maximum absolute atomic E-state index is 12.2. The van der Waals surface area contributed by atoms with Crippen molar-refractivity contribution in [1.82, 2.24) is 20.2 Å². The molecule has 1 aromatic heterocycles. The summed E-state index contributed by atoms with van der Waals surface area (Å²) in [6.45, 7) is 2.44. The molecule has 1 heterocycles. The zero-order valence-electron chi connectivity index (χ0n) is 13.9. The van der Waals surface area contributed by atoms with Gasteiger partial charge >= 0.3 is 6.18 Å². The number of likely N-dealkylation sites (N-methyl/N-ethyl adjacent to an activating group) is 1. The molecule has 0 aliphatic rings. The maximum Gasteiger partial charge on any atom is 0.405 e. The largest absolute Gasteiger partial charge is 0.405 e. The van der Waals surface area contributed by atoms with Crippen molar-refractivity contribution in [3.63, 3.8) is 0 Å². The Morgan fingerprint density at radius 1 is 1.36 bits per heavy atom. The molecule has 6 nitrogen and oxygen atoms in total. The van der Waals surface area contributed by atoms with Crippen LogP contribution in [-0.4, -0.2) is 46.1 Å². The van der Waals surface area contributed by atoms with Gasteiger partial charge < -0.3 is 10.3 Å². The molecule has 0 saturated heterocycles. The highest BCUT2D eigenvalue weighted by molar-refractivity contribution is 5.81. The van der Waals surface area contributed by atoms with Crippen LogP contribution in [0.5, 0.6) is 0 Å². The highest BCUT2D eigenvalue weighted by Gasteiger charge is 2.30. The van der Waals surface area contributed by atoms with Gasteiger partial charge in [0.25, 0.3) is 5.56 Å². The number of nitrogens with zero attached hydrogens (tertiary/aromatic N) is 2. The molecule has 2 N–H and O–H groups in total. The number of nitrogens with one attached hydrogen (secondary N) is 2. The molecule has 0 fully saturated rings. The number of aromatic amines is 1. The van der Waals surface area contributed by atoms with Gasteiger partial charge in [-0.25, -0.2) is 4.98 Å². The van der Waals surface area contributed by atoms with Crippen molar-refractivity contribution in [3.8, 4) is 0 Å². The molecule has 1 unspecified atom stereocenters. The zero-order valence-corrected chi connectivity index (χ0v) is 13.9. The van der Waals surface area contributed by atoms with Crippen LogP contribution in [0.1, 0.15) is 19.7 Å². The minimum absolute atomic E-state index is 0.136. The molecule has 2 rings (SSSR count). The number of rotatable bonds is 6. The van der Waals surface area contributed by atoms with E-state index in [1.165, 1.54) is 6.92 Å². The van der Waals surface area contributed by atoms with Crippen LogP contribution in [0.2, 0.25) is 0 Å². The fourth-order valence-electron chi connectivity index (χ4n) is 2.43. The third kappa shape index (κ3) is 5.02. The monoisotopic (exact) mass is 356 g/mol. The summed E-state index contributed by atoms with van der Waals surface area (Å²) in [5, 5.41) is 2.32. The van der Waals surface area contributed by atoms with E-state index in [1.54, 1.807) is 36.1 Å². The Hall–Kier alpha value is -2.42. The molecule has 0 bridgehead atoms. The molecular weight excluding hydrogens is 337 g/mol. The lowest BCUT2D eigenvalue weighted by Gasteiger charge is -2.26. The molecule has 0 saturated carbocycles. The standard InChI is InChI=1S/C16H19F3N4O2/c1-3-23(10(2)14(24)20-9-16(17,18)19)8-13-21-12-7-5-4-6-11(12)15(25)22-13/h4-7,10H,3,8-9H2,1-2H3,(H,20,24)(H,21,22,25). The van der Waals surface area contributed by atoms with Gasteiger partial charge in [0.15, 0.2) is 0 Å². The first-order chi connectivity index (χ1) is 11.7. The summed E-state index contributed by atoms with van der Waals surface area (Å²) >= 11 is 0. The number of fused-ring (bicyclic) bond motifs is 1. The van der Waals surface area contributed by atoms with E-state index in [4.69, 9.17) is 0 Å². The van der Waals surface area contributed by atoms with E-state index in [9.17, 15) is 22.8 Å². The number of carbonyl (C=O) groups is 1. The number of benzene rings is 1. The van der Waals surface area contributed by atoms with Crippen LogP contribution >= 0.6 is 0 Å². The van der Waals surface area contributed by atoms with E-state index in [2.05, 4.69) is 9.97 Å². The number of amides is 1. The lowest BCUT2D eigenvalue weighted by atomic mass is 10.2. The Balaban J connectivity index is 2.13. The molecule has 0 aliphatic heterocycles. The fraction of sp³-hybridized carbons (Fsp3) is 0.438. The second-order valence-corrected chi connectivity index (χ2v) is 5.60. The number of aromatic nitrogens is 2. The smallest absolute Gasteiger partial charge is 0.346 e. The Morgan fingerprint density at radius 3 is 2.68 bits per heavy atom. The lowest BCUT2D eigenvalue weighted by Crippen LogP contribution is -2.47. The van der Waals surface area contributed by atoms with Gasteiger partial charge in [-0.2, -0.15) is 13.2 Å². The van der Waals surface area contributed by atoms with Crippen molar-refractivity contribution in [2.24, 2.45) is 0 Å². The highest BCUT2D eigenvalue weighted by Crippen LogP contribution is 2.13. The Kier molecular flexibility index (Phi) is 5.78. The Labute approximate surface area is 142 Å². The molecular formula is C16H19F3N4O2. The first-order valence-corrected chi connectivity index (χ1v) is 7.77. The van der Waals surface area contributed by atoms with Gasteiger partial charge in [0.2, 0.25) is 5.91 Å². The fourth-order valence-corrected chi connectivity index (χ4v) is 2.43. The van der Waals surface area contributed by atoms with E-state index >= 15 is 0 Å². The number of para-hydroxylation sites is 1. The lowest BCUT2D eigenvalue weighted by molar-refractivity contribution is -0.141. The normalized spacial score (nSPS) is 13.2. The van der Waals surface area contributed by atoms with Crippen molar-refractivity contribution in [1.29, 1.82) is 0 Å². The SMILES string of the molecule is CCN(Cc1nc2ccccc2c(=O)[nH]1)C(C)C(=O)NCC(F)(F)F. The zero-order chi connectivity index (χ0) is 18.6. The third-order valence-corrected chi connectivity index (χ3v) is 3.81. The minimum Gasteiger partial charge on any atom is -0.346 e. The second-order valence-electron chi connectivity index (χ2n) is 5.60. The number of hydrogen-bond acceptors (Lipinski definition) is 4. The van der Waals surface area contributed by atoms with Gasteiger partial charge in [0.1, 0.15) is 12.4 Å². The summed E-state index contributed by atoms with van der Waals surface area (Å²) in [4.78, 5) is 32.6. The van der Waals surface area contributed by atoms with Gasteiger partial charge in [-0.15, -0.1) is 0 Å². The van der Waals surface area contributed by atoms with Crippen LogP contribution in [0.25, 0.3) is 10.9 Å². The van der Waals surface area contributed by atoms with Crippen LogP contribution in [0.3, 0.4) is 0 Å². The number of carbonyl (C=O) groups excluding carboxylic acids is 1. The topological polar surface area (TPSA) is 78.1 Å². The molecule has 1 aromatic carbocycles. The first-order valence-electron chi connectivity index (χ1n) is 7.77. The van der Waals surface area contributed by atoms with Crippen molar-refractivity contribution in [2.75, 3.05) is 13.1 Å². The van der Waals surface area contributed by atoms with Gasteiger partial charge in [-0.3, -0.25) is 14.5 Å². The van der Waals surface area contributed by atoms with Crippen LogP contribution in [0, 0.1) is 0 Å². The van der Waals surface area contributed by atoms with Crippen LogP contribution in [0.4, 0.5) is 13.2 Å². The molecule has 1 atom stereocenters. The summed E-state index contributed by atoms with van der Waals surface area (Å²) in [6, 6.07) is 6.02. The van der Waals surface area contributed by atoms with E-state index in [0.29, 0.717) is 23.3 Å². The van der Waals surface area contributed by atoms with E-state index in [-0.39, 0.29) is 12.1 Å². The van der Waals surface area contributed by atoms with Crippen LogP contribution in [-0.2, 0) is 11.3 Å². The Bertz CT molecular complexity index is 804. The summed E-state index contributed by atoms with van der Waals surface area (Å²) in [5.74, 6) is -0.386. The summed E-state index contributed by atoms with van der Waals surface area (Å²) in [6.07, 6.45) is -4.46.